The average Bonchev–Trinajstić information content (AvgIpc) is 2.60. The van der Waals surface area contributed by atoms with Gasteiger partial charge < -0.3 is 9.47 Å². The van der Waals surface area contributed by atoms with E-state index in [1.807, 2.05) is 0 Å². The average molecular weight is 367 g/mol. The number of halogens is 1. The Kier molecular flexibility index (Phi) is 6.11. The summed E-state index contributed by atoms with van der Waals surface area (Å²) in [7, 11) is -0.681. The van der Waals surface area contributed by atoms with Crippen molar-refractivity contribution in [1.29, 1.82) is 0 Å². The molecular formula is C17H18FNO5S. The molecule has 0 heterocycles. The van der Waals surface area contributed by atoms with E-state index in [2.05, 4.69) is 0 Å². The van der Waals surface area contributed by atoms with E-state index in [9.17, 15) is 17.6 Å². The monoisotopic (exact) mass is 367 g/mol. The molecule has 8 heteroatoms. The number of ether oxygens (including phenoxy) is 2. The molecule has 0 N–H and O–H groups in total. The summed E-state index contributed by atoms with van der Waals surface area (Å²) >= 11 is 0. The summed E-state index contributed by atoms with van der Waals surface area (Å²) in [6.07, 6.45) is 0. The summed E-state index contributed by atoms with van der Waals surface area (Å²) in [6.45, 7) is 0.123. The number of hydrogen-bond donors (Lipinski definition) is 0. The van der Waals surface area contributed by atoms with Crippen molar-refractivity contribution in [3.05, 3.63) is 59.9 Å². The van der Waals surface area contributed by atoms with Crippen LogP contribution in [0.2, 0.25) is 0 Å². The van der Waals surface area contributed by atoms with Gasteiger partial charge in [-0.3, -0.25) is 0 Å². The molecule has 134 valence electrons. The molecule has 0 bridgehead atoms. The van der Waals surface area contributed by atoms with E-state index >= 15 is 0 Å². The molecule has 0 amide bonds. The van der Waals surface area contributed by atoms with Crippen molar-refractivity contribution in [3.63, 3.8) is 0 Å². The van der Waals surface area contributed by atoms with Crippen LogP contribution in [0.3, 0.4) is 0 Å². The highest BCUT2D eigenvalue weighted by atomic mass is 32.2. The van der Waals surface area contributed by atoms with Crippen molar-refractivity contribution in [2.45, 2.75) is 4.90 Å². The van der Waals surface area contributed by atoms with Crippen molar-refractivity contribution < 1.29 is 27.1 Å². The first kappa shape index (κ1) is 18.9. The summed E-state index contributed by atoms with van der Waals surface area (Å²) < 4.78 is 48.1. The number of carbonyl (C=O) groups is 1. The topological polar surface area (TPSA) is 72.9 Å². The van der Waals surface area contributed by atoms with Crippen LogP contribution in [0.15, 0.2) is 53.4 Å². The van der Waals surface area contributed by atoms with E-state index in [0.717, 1.165) is 4.31 Å². The molecule has 0 fully saturated rings. The fourth-order valence-electron chi connectivity index (χ4n) is 1.88. The van der Waals surface area contributed by atoms with Crippen LogP contribution >= 0.6 is 0 Å². The predicted molar refractivity (Wildman–Crippen MR) is 89.5 cm³/mol. The fourth-order valence-corrected chi connectivity index (χ4v) is 2.78. The lowest BCUT2D eigenvalue weighted by molar-refractivity contribution is 0.0450. The Morgan fingerprint density at radius 2 is 1.60 bits per heavy atom. The lowest BCUT2D eigenvalue weighted by Crippen LogP contribution is -2.22. The Morgan fingerprint density at radius 1 is 1.00 bits per heavy atom. The first-order valence-electron chi connectivity index (χ1n) is 7.39. The molecule has 0 spiro atoms. The Hall–Kier alpha value is -2.45. The Balaban J connectivity index is 1.85. The molecule has 2 aromatic carbocycles. The van der Waals surface area contributed by atoms with Gasteiger partial charge in [0.25, 0.3) is 0 Å². The van der Waals surface area contributed by atoms with E-state index in [-0.39, 0.29) is 29.5 Å². The molecule has 0 radical (unpaired) electrons. The molecule has 0 atom stereocenters. The van der Waals surface area contributed by atoms with Gasteiger partial charge in [0.2, 0.25) is 10.0 Å². The lowest BCUT2D eigenvalue weighted by atomic mass is 10.2. The summed E-state index contributed by atoms with van der Waals surface area (Å²) in [5.41, 5.74) is 0.236. The van der Waals surface area contributed by atoms with Crippen LogP contribution in [-0.2, 0) is 14.8 Å². The van der Waals surface area contributed by atoms with E-state index in [0.29, 0.717) is 5.75 Å². The fraction of sp³-hybridized carbons (Fsp3) is 0.235. The minimum atomic E-state index is -3.54. The molecule has 0 aliphatic rings. The number of hydrogen-bond acceptors (Lipinski definition) is 5. The molecule has 0 aromatic heterocycles. The van der Waals surface area contributed by atoms with Gasteiger partial charge in [-0.1, -0.05) is 0 Å². The van der Waals surface area contributed by atoms with Gasteiger partial charge in [0.05, 0.1) is 10.5 Å². The molecule has 0 aliphatic heterocycles. The van der Waals surface area contributed by atoms with Crippen LogP contribution in [0.5, 0.6) is 5.75 Å². The third-order valence-corrected chi connectivity index (χ3v) is 5.10. The zero-order valence-corrected chi connectivity index (χ0v) is 14.6. The van der Waals surface area contributed by atoms with Gasteiger partial charge in [0.1, 0.15) is 24.8 Å². The van der Waals surface area contributed by atoms with Gasteiger partial charge in [0, 0.05) is 14.1 Å². The molecule has 0 saturated carbocycles. The zero-order valence-electron chi connectivity index (χ0n) is 13.8. The molecule has 2 rings (SSSR count). The molecule has 0 aliphatic carbocycles. The van der Waals surface area contributed by atoms with Crippen LogP contribution in [0, 0.1) is 5.82 Å². The molecule has 0 saturated heterocycles. The summed E-state index contributed by atoms with van der Waals surface area (Å²) in [6, 6.07) is 11.0. The number of benzene rings is 2. The van der Waals surface area contributed by atoms with Crippen molar-refractivity contribution >= 4 is 16.0 Å². The van der Waals surface area contributed by atoms with Gasteiger partial charge in [0.15, 0.2) is 0 Å². The maximum Gasteiger partial charge on any atom is 0.338 e. The number of sulfonamides is 1. The minimum Gasteiger partial charge on any atom is -0.490 e. The maximum absolute atomic E-state index is 12.7. The van der Waals surface area contributed by atoms with E-state index in [4.69, 9.17) is 9.47 Å². The van der Waals surface area contributed by atoms with E-state index in [1.54, 1.807) is 0 Å². The van der Waals surface area contributed by atoms with Crippen molar-refractivity contribution in [2.24, 2.45) is 0 Å². The number of carbonyl (C=O) groups excluding carboxylic acids is 1. The second kappa shape index (κ2) is 8.09. The second-order valence-corrected chi connectivity index (χ2v) is 7.40. The van der Waals surface area contributed by atoms with Gasteiger partial charge in [-0.05, 0) is 48.5 Å². The maximum atomic E-state index is 12.7. The largest absolute Gasteiger partial charge is 0.490 e. The van der Waals surface area contributed by atoms with Crippen LogP contribution < -0.4 is 4.74 Å². The third kappa shape index (κ3) is 5.01. The predicted octanol–water partition coefficient (Wildman–Crippen LogP) is 2.31. The van der Waals surface area contributed by atoms with Crippen molar-refractivity contribution in [3.8, 4) is 5.75 Å². The summed E-state index contributed by atoms with van der Waals surface area (Å²) in [5.74, 6) is -0.481. The van der Waals surface area contributed by atoms with E-state index < -0.39 is 16.0 Å². The molecule has 25 heavy (non-hydrogen) atoms. The van der Waals surface area contributed by atoms with Crippen LogP contribution in [0.25, 0.3) is 0 Å². The van der Waals surface area contributed by atoms with Gasteiger partial charge in [-0.25, -0.2) is 21.9 Å². The quantitative estimate of drug-likeness (QED) is 0.555. The molecule has 6 nitrogen and oxygen atoms in total. The Labute approximate surface area is 145 Å². The first-order chi connectivity index (χ1) is 11.8. The normalized spacial score (nSPS) is 11.4. The van der Waals surface area contributed by atoms with Crippen LogP contribution in [0.1, 0.15) is 10.4 Å². The highest BCUT2D eigenvalue weighted by molar-refractivity contribution is 7.89. The van der Waals surface area contributed by atoms with Crippen LogP contribution in [0.4, 0.5) is 4.39 Å². The SMILES string of the molecule is CN(C)S(=O)(=O)c1ccc(C(=O)OCCOc2ccc(F)cc2)cc1. The highest BCUT2D eigenvalue weighted by Gasteiger charge is 2.17. The Bertz CT molecular complexity index is 817. The van der Waals surface area contributed by atoms with Crippen molar-refractivity contribution in [1.82, 2.24) is 4.31 Å². The molecule has 2 aromatic rings. The number of nitrogens with zero attached hydrogens (tertiary/aromatic N) is 1. The zero-order chi connectivity index (χ0) is 18.4. The van der Waals surface area contributed by atoms with Gasteiger partial charge in [-0.15, -0.1) is 0 Å². The standard InChI is InChI=1S/C17H18FNO5S/c1-19(2)25(21,22)16-9-3-13(4-10-16)17(20)24-12-11-23-15-7-5-14(18)6-8-15/h3-10H,11-12H2,1-2H3. The van der Waals surface area contributed by atoms with Gasteiger partial charge in [-0.2, -0.15) is 0 Å². The smallest absolute Gasteiger partial charge is 0.338 e. The first-order valence-corrected chi connectivity index (χ1v) is 8.83. The summed E-state index contributed by atoms with van der Waals surface area (Å²) in [4.78, 5) is 12.0. The molecule has 0 unspecified atom stereocenters. The second-order valence-electron chi connectivity index (χ2n) is 5.25. The molecular weight excluding hydrogens is 349 g/mol. The Morgan fingerprint density at radius 3 is 2.16 bits per heavy atom. The number of esters is 1. The third-order valence-electron chi connectivity index (χ3n) is 3.27. The minimum absolute atomic E-state index is 0.00789. The number of rotatable bonds is 7. The van der Waals surface area contributed by atoms with Crippen LogP contribution in [-0.4, -0.2) is 46.0 Å². The highest BCUT2D eigenvalue weighted by Crippen LogP contribution is 2.15. The van der Waals surface area contributed by atoms with Gasteiger partial charge >= 0.3 is 5.97 Å². The lowest BCUT2D eigenvalue weighted by Gasteiger charge is -2.11. The summed E-state index contributed by atoms with van der Waals surface area (Å²) in [5, 5.41) is 0. The van der Waals surface area contributed by atoms with E-state index in [1.165, 1.54) is 62.6 Å². The van der Waals surface area contributed by atoms with Crippen molar-refractivity contribution in [2.75, 3.05) is 27.3 Å².